The molecule has 0 aliphatic rings. The predicted molar refractivity (Wildman–Crippen MR) is 132 cm³/mol. The van der Waals surface area contributed by atoms with E-state index in [4.69, 9.17) is 44.3 Å². The van der Waals surface area contributed by atoms with Crippen molar-refractivity contribution < 1.29 is 23.0 Å². The van der Waals surface area contributed by atoms with E-state index in [0.717, 1.165) is 11.1 Å². The van der Waals surface area contributed by atoms with Gasteiger partial charge in [-0.1, -0.05) is 56.1 Å². The van der Waals surface area contributed by atoms with E-state index in [1.54, 1.807) is 19.1 Å². The lowest BCUT2D eigenvalue weighted by molar-refractivity contribution is 0.125. The molecule has 0 saturated carbocycles. The van der Waals surface area contributed by atoms with Crippen LogP contribution in [0.4, 0.5) is 0 Å². The number of benzene rings is 2. The van der Waals surface area contributed by atoms with Crippen molar-refractivity contribution in [3.8, 4) is 11.5 Å². The van der Waals surface area contributed by atoms with Crippen LogP contribution < -0.4 is 9.47 Å². The second-order valence-electron chi connectivity index (χ2n) is 7.98. The molecule has 0 aliphatic carbocycles. The van der Waals surface area contributed by atoms with Crippen molar-refractivity contribution in [3.63, 3.8) is 0 Å². The molecule has 0 aromatic heterocycles. The molecule has 0 unspecified atom stereocenters. The van der Waals surface area contributed by atoms with Gasteiger partial charge in [0.25, 0.3) is 0 Å². The Morgan fingerprint density at radius 2 is 1.62 bits per heavy atom. The summed E-state index contributed by atoms with van der Waals surface area (Å²) in [5.41, 5.74) is 1.52. The lowest BCUT2D eigenvalue weighted by atomic mass is 9.78. The Hall–Kier alpha value is -1.18. The Morgan fingerprint density at radius 1 is 1.03 bits per heavy atom. The van der Waals surface area contributed by atoms with E-state index in [1.807, 2.05) is 24.3 Å². The summed E-state index contributed by atoms with van der Waals surface area (Å²) in [5, 5.41) is 10.3. The maximum absolute atomic E-state index is 11.6. The molecule has 0 spiro atoms. The number of aliphatic hydroxyl groups is 1. The van der Waals surface area contributed by atoms with Gasteiger partial charge in [0.1, 0.15) is 28.3 Å². The zero-order valence-corrected chi connectivity index (χ0v) is 21.5. The third-order valence-corrected chi connectivity index (χ3v) is 7.91. The summed E-state index contributed by atoms with van der Waals surface area (Å²) in [6.45, 7) is 6.09. The van der Waals surface area contributed by atoms with Gasteiger partial charge in [0.2, 0.25) is 0 Å². The number of sulfone groups is 1. The molecule has 5 nitrogen and oxygen atoms in total. The number of hydrogen-bond acceptors (Lipinski definition) is 5. The van der Waals surface area contributed by atoms with Crippen molar-refractivity contribution in [2.24, 2.45) is 0 Å². The van der Waals surface area contributed by atoms with Crippen LogP contribution in [0.5, 0.6) is 11.5 Å². The third-order valence-electron chi connectivity index (χ3n) is 5.20. The predicted octanol–water partition coefficient (Wildman–Crippen LogP) is 5.50. The first-order valence-electron chi connectivity index (χ1n) is 10.3. The Bertz CT molecular complexity index is 968. The van der Waals surface area contributed by atoms with Crippen molar-refractivity contribution in [2.75, 3.05) is 30.6 Å². The molecule has 0 heterocycles. The SMILES string of the molecule is CCS(=O)(=O)CCCOc1ccc(C(C)(C)c2cc(Cl)c(OC[C@H](O)CCl)c(Cl)c2)cc1. The molecule has 1 N–H and O–H groups in total. The Kier molecular flexibility index (Phi) is 9.98. The van der Waals surface area contributed by atoms with Gasteiger partial charge in [-0.2, -0.15) is 0 Å². The summed E-state index contributed by atoms with van der Waals surface area (Å²) in [4.78, 5) is 0. The summed E-state index contributed by atoms with van der Waals surface area (Å²) < 4.78 is 34.3. The van der Waals surface area contributed by atoms with E-state index < -0.39 is 21.4 Å². The molecule has 0 fully saturated rings. The first-order chi connectivity index (χ1) is 15.0. The Morgan fingerprint density at radius 3 is 2.16 bits per heavy atom. The highest BCUT2D eigenvalue weighted by molar-refractivity contribution is 7.91. The zero-order chi connectivity index (χ0) is 23.9. The third kappa shape index (κ3) is 7.42. The Balaban J connectivity index is 2.09. The zero-order valence-electron chi connectivity index (χ0n) is 18.4. The van der Waals surface area contributed by atoms with Crippen molar-refractivity contribution in [1.29, 1.82) is 0 Å². The van der Waals surface area contributed by atoms with Crippen LogP contribution in [0.2, 0.25) is 10.0 Å². The summed E-state index contributed by atoms with van der Waals surface area (Å²) in [6.07, 6.45) is -0.353. The van der Waals surface area contributed by atoms with Gasteiger partial charge < -0.3 is 14.6 Å². The number of rotatable bonds is 12. The molecule has 0 saturated heterocycles. The second-order valence-corrected chi connectivity index (χ2v) is 11.6. The molecular weight excluding hydrogens is 495 g/mol. The molecular formula is C23H29Cl3O5S. The van der Waals surface area contributed by atoms with E-state index in [9.17, 15) is 13.5 Å². The van der Waals surface area contributed by atoms with Crippen LogP contribution >= 0.6 is 34.8 Å². The van der Waals surface area contributed by atoms with Gasteiger partial charge in [0.05, 0.1) is 28.3 Å². The lowest BCUT2D eigenvalue weighted by Gasteiger charge is -2.27. The summed E-state index contributed by atoms with van der Waals surface area (Å²) >= 11 is 18.4. The summed E-state index contributed by atoms with van der Waals surface area (Å²) in [5.74, 6) is 1.31. The fourth-order valence-electron chi connectivity index (χ4n) is 3.03. The van der Waals surface area contributed by atoms with Gasteiger partial charge in [-0.05, 0) is 41.8 Å². The second kappa shape index (κ2) is 11.8. The van der Waals surface area contributed by atoms with Gasteiger partial charge in [-0.25, -0.2) is 8.42 Å². The van der Waals surface area contributed by atoms with Gasteiger partial charge in [-0.3, -0.25) is 0 Å². The minimum atomic E-state index is -2.98. The molecule has 0 aliphatic heterocycles. The standard InChI is InChI=1S/C23H29Cl3O5S/c1-4-32(28,29)11-5-10-30-19-8-6-16(7-9-19)23(2,3)17-12-20(25)22(21(26)13-17)31-15-18(27)14-24/h6-9,12-13,18,27H,4-5,10-11,14-15H2,1-3H3/t18-/m1/s1. The van der Waals surface area contributed by atoms with E-state index in [1.165, 1.54) is 0 Å². The molecule has 2 aromatic carbocycles. The highest BCUT2D eigenvalue weighted by Crippen LogP contribution is 2.40. The van der Waals surface area contributed by atoms with Crippen molar-refractivity contribution in [2.45, 2.75) is 38.7 Å². The lowest BCUT2D eigenvalue weighted by Crippen LogP contribution is -2.20. The van der Waals surface area contributed by atoms with Crippen LogP contribution in [-0.4, -0.2) is 50.2 Å². The average Bonchev–Trinajstić information content (AvgIpc) is 2.76. The topological polar surface area (TPSA) is 72.8 Å². The van der Waals surface area contributed by atoms with Crippen molar-refractivity contribution in [1.82, 2.24) is 0 Å². The van der Waals surface area contributed by atoms with Gasteiger partial charge >= 0.3 is 0 Å². The molecule has 2 rings (SSSR count). The molecule has 2 aromatic rings. The number of hydrogen-bond donors (Lipinski definition) is 1. The summed E-state index contributed by atoms with van der Waals surface area (Å²) in [7, 11) is -2.98. The number of alkyl halides is 1. The van der Waals surface area contributed by atoms with Crippen LogP contribution in [0.3, 0.4) is 0 Å². The van der Waals surface area contributed by atoms with Crippen LogP contribution in [0.1, 0.15) is 38.3 Å². The fourth-order valence-corrected chi connectivity index (χ4v) is 4.56. The number of halogens is 3. The first-order valence-corrected chi connectivity index (χ1v) is 13.4. The van der Waals surface area contributed by atoms with Crippen LogP contribution in [0.15, 0.2) is 36.4 Å². The maximum atomic E-state index is 11.6. The van der Waals surface area contributed by atoms with E-state index in [0.29, 0.717) is 34.6 Å². The van der Waals surface area contributed by atoms with Gasteiger partial charge in [0.15, 0.2) is 5.75 Å². The Labute approximate surface area is 205 Å². The largest absolute Gasteiger partial charge is 0.494 e. The normalized spacial score (nSPS) is 13.1. The average molecular weight is 524 g/mol. The molecule has 0 radical (unpaired) electrons. The number of aliphatic hydroxyl groups excluding tert-OH is 1. The summed E-state index contributed by atoms with van der Waals surface area (Å²) in [6, 6.07) is 11.2. The minimum Gasteiger partial charge on any atom is -0.494 e. The van der Waals surface area contributed by atoms with E-state index in [2.05, 4.69) is 13.8 Å². The molecule has 32 heavy (non-hydrogen) atoms. The quantitative estimate of drug-likeness (QED) is 0.294. The van der Waals surface area contributed by atoms with Crippen LogP contribution in [0, 0.1) is 0 Å². The highest BCUT2D eigenvalue weighted by atomic mass is 35.5. The van der Waals surface area contributed by atoms with E-state index in [-0.39, 0.29) is 24.0 Å². The maximum Gasteiger partial charge on any atom is 0.156 e. The molecule has 1 atom stereocenters. The fraction of sp³-hybridized carbons (Fsp3) is 0.478. The number of ether oxygens (including phenoxy) is 2. The molecule has 178 valence electrons. The van der Waals surface area contributed by atoms with Gasteiger partial charge in [0, 0.05) is 11.2 Å². The first kappa shape index (κ1) is 27.1. The monoisotopic (exact) mass is 522 g/mol. The molecule has 0 amide bonds. The van der Waals surface area contributed by atoms with Crippen molar-refractivity contribution in [3.05, 3.63) is 57.6 Å². The highest BCUT2D eigenvalue weighted by Gasteiger charge is 2.26. The van der Waals surface area contributed by atoms with Crippen molar-refractivity contribution >= 4 is 44.6 Å². The minimum absolute atomic E-state index is 0.00246. The molecule has 9 heteroatoms. The smallest absolute Gasteiger partial charge is 0.156 e. The van der Waals surface area contributed by atoms with Crippen LogP contribution in [0.25, 0.3) is 0 Å². The van der Waals surface area contributed by atoms with Gasteiger partial charge in [-0.15, -0.1) is 11.6 Å². The van der Waals surface area contributed by atoms with Crippen LogP contribution in [-0.2, 0) is 15.3 Å². The molecule has 0 bridgehead atoms. The van der Waals surface area contributed by atoms with E-state index >= 15 is 0 Å².